The minimum atomic E-state index is -0.479. The summed E-state index contributed by atoms with van der Waals surface area (Å²) in [5, 5.41) is 16.8. The van der Waals surface area contributed by atoms with Crippen LogP contribution >= 0.6 is 24.0 Å². The van der Waals surface area contributed by atoms with Gasteiger partial charge in [0.2, 0.25) is 0 Å². The van der Waals surface area contributed by atoms with Gasteiger partial charge in [0, 0.05) is 32.0 Å². The second kappa shape index (κ2) is 12.6. The minimum Gasteiger partial charge on any atom is -0.388 e. The maximum atomic E-state index is 10.2. The first-order chi connectivity index (χ1) is 12.2. The molecule has 0 saturated heterocycles. The number of benzene rings is 1. The van der Waals surface area contributed by atoms with E-state index in [1.54, 1.807) is 0 Å². The Kier molecular flexibility index (Phi) is 10.9. The molecule has 26 heavy (non-hydrogen) atoms. The van der Waals surface area contributed by atoms with Crippen molar-refractivity contribution >= 4 is 29.9 Å². The molecule has 1 aromatic heterocycles. The Morgan fingerprint density at radius 1 is 1.19 bits per heavy atom. The summed E-state index contributed by atoms with van der Waals surface area (Å²) in [7, 11) is 0. The number of aliphatic hydroxyl groups is 1. The van der Waals surface area contributed by atoms with Gasteiger partial charge in [-0.25, -0.2) is 0 Å². The number of nitrogens with one attached hydrogen (secondary N) is 2. The summed E-state index contributed by atoms with van der Waals surface area (Å²) in [5.74, 6) is 0.787. The number of halogens is 1. The average molecular weight is 468 g/mol. The van der Waals surface area contributed by atoms with E-state index >= 15 is 0 Å². The van der Waals surface area contributed by atoms with Gasteiger partial charge in [0.15, 0.2) is 5.96 Å². The fraction of sp³-hybridized carbons (Fsp3) is 0.400. The quantitative estimate of drug-likeness (QED) is 0.316. The lowest BCUT2D eigenvalue weighted by Crippen LogP contribution is -2.38. The number of hydrogen-bond acceptors (Lipinski definition) is 3. The standard InChI is InChI=1S/C20H28N4O.HI/c1-3-22-20(23-13-10-17-9-12-21-15-16(17)2)24-14-11-19(25)18-7-5-4-6-8-18;/h4-9,12,15,19,25H,3,10-11,13-14H2,1-2H3,(H2,22,23,24);1H. The van der Waals surface area contributed by atoms with Crippen LogP contribution in [0.5, 0.6) is 0 Å². The highest BCUT2D eigenvalue weighted by Gasteiger charge is 2.06. The Hall–Kier alpha value is -1.67. The molecule has 0 saturated carbocycles. The number of aliphatic imine (C=N–C) groups is 1. The van der Waals surface area contributed by atoms with Gasteiger partial charge < -0.3 is 15.7 Å². The first-order valence-electron chi connectivity index (χ1n) is 8.85. The monoisotopic (exact) mass is 468 g/mol. The van der Waals surface area contributed by atoms with E-state index in [-0.39, 0.29) is 24.0 Å². The number of rotatable bonds is 8. The van der Waals surface area contributed by atoms with Gasteiger partial charge >= 0.3 is 0 Å². The molecule has 0 fully saturated rings. The molecule has 0 aliphatic rings. The van der Waals surface area contributed by atoms with Crippen LogP contribution in [-0.2, 0) is 6.42 Å². The smallest absolute Gasteiger partial charge is 0.191 e. The van der Waals surface area contributed by atoms with Gasteiger partial charge in [0.1, 0.15) is 0 Å². The van der Waals surface area contributed by atoms with E-state index in [4.69, 9.17) is 0 Å². The first-order valence-corrected chi connectivity index (χ1v) is 8.85. The second-order valence-corrected chi connectivity index (χ2v) is 5.95. The van der Waals surface area contributed by atoms with Crippen LogP contribution in [-0.4, -0.2) is 35.7 Å². The number of guanidine groups is 1. The molecule has 0 aliphatic carbocycles. The van der Waals surface area contributed by atoms with E-state index in [1.807, 2.05) is 49.6 Å². The van der Waals surface area contributed by atoms with Gasteiger partial charge in [-0.1, -0.05) is 30.3 Å². The summed E-state index contributed by atoms with van der Waals surface area (Å²) in [6.45, 7) is 6.30. The topological polar surface area (TPSA) is 69.5 Å². The van der Waals surface area contributed by atoms with Gasteiger partial charge in [0.05, 0.1) is 6.10 Å². The molecule has 1 atom stereocenters. The summed E-state index contributed by atoms with van der Waals surface area (Å²) in [4.78, 5) is 8.67. The lowest BCUT2D eigenvalue weighted by atomic mass is 10.1. The van der Waals surface area contributed by atoms with Crippen LogP contribution in [0.15, 0.2) is 53.8 Å². The van der Waals surface area contributed by atoms with E-state index in [1.165, 1.54) is 11.1 Å². The third kappa shape index (κ3) is 7.70. The van der Waals surface area contributed by atoms with Crippen LogP contribution < -0.4 is 10.6 Å². The van der Waals surface area contributed by atoms with Crippen molar-refractivity contribution in [1.82, 2.24) is 15.6 Å². The predicted molar refractivity (Wildman–Crippen MR) is 118 cm³/mol. The average Bonchev–Trinajstić information content (AvgIpc) is 2.64. The molecule has 0 bridgehead atoms. The largest absolute Gasteiger partial charge is 0.388 e. The molecule has 5 nitrogen and oxygen atoms in total. The van der Waals surface area contributed by atoms with Crippen molar-refractivity contribution in [1.29, 1.82) is 0 Å². The zero-order valence-corrected chi connectivity index (χ0v) is 17.8. The lowest BCUT2D eigenvalue weighted by molar-refractivity contribution is 0.170. The predicted octanol–water partition coefficient (Wildman–Crippen LogP) is 3.23. The van der Waals surface area contributed by atoms with Gasteiger partial charge in [-0.2, -0.15) is 0 Å². The van der Waals surface area contributed by atoms with Crippen molar-refractivity contribution in [2.24, 2.45) is 4.99 Å². The van der Waals surface area contributed by atoms with Crippen molar-refractivity contribution in [2.75, 3.05) is 19.6 Å². The molecule has 142 valence electrons. The Labute approximate surface area is 173 Å². The van der Waals surface area contributed by atoms with Crippen molar-refractivity contribution in [3.05, 3.63) is 65.5 Å². The highest BCUT2D eigenvalue weighted by Crippen LogP contribution is 2.15. The van der Waals surface area contributed by atoms with Gasteiger partial charge in [-0.15, -0.1) is 24.0 Å². The molecule has 1 heterocycles. The molecule has 0 spiro atoms. The van der Waals surface area contributed by atoms with Crippen molar-refractivity contribution < 1.29 is 5.11 Å². The Morgan fingerprint density at radius 3 is 2.65 bits per heavy atom. The van der Waals surface area contributed by atoms with E-state index in [0.717, 1.165) is 31.0 Å². The fourth-order valence-electron chi connectivity index (χ4n) is 2.58. The van der Waals surface area contributed by atoms with E-state index in [9.17, 15) is 5.11 Å². The minimum absolute atomic E-state index is 0. The second-order valence-electron chi connectivity index (χ2n) is 5.95. The van der Waals surface area contributed by atoms with Crippen LogP contribution in [0.1, 0.15) is 36.1 Å². The number of aryl methyl sites for hydroxylation is 1. The number of aromatic nitrogens is 1. The van der Waals surface area contributed by atoms with Gasteiger partial charge in [-0.3, -0.25) is 9.98 Å². The third-order valence-corrected chi connectivity index (χ3v) is 4.02. The zero-order valence-electron chi connectivity index (χ0n) is 15.5. The maximum absolute atomic E-state index is 10.2. The van der Waals surface area contributed by atoms with E-state index < -0.39 is 6.10 Å². The summed E-state index contributed by atoms with van der Waals surface area (Å²) < 4.78 is 0. The molecule has 2 aromatic rings. The summed E-state index contributed by atoms with van der Waals surface area (Å²) in [6, 6.07) is 11.8. The summed E-state index contributed by atoms with van der Waals surface area (Å²) >= 11 is 0. The van der Waals surface area contributed by atoms with Crippen molar-refractivity contribution in [2.45, 2.75) is 32.8 Å². The molecular weight excluding hydrogens is 439 g/mol. The number of aliphatic hydroxyl groups excluding tert-OH is 1. The number of pyridine rings is 1. The van der Waals surface area contributed by atoms with Gasteiger partial charge in [0.25, 0.3) is 0 Å². The molecule has 0 amide bonds. The number of hydrogen-bond donors (Lipinski definition) is 3. The van der Waals surface area contributed by atoms with Gasteiger partial charge in [-0.05, 0) is 49.4 Å². The van der Waals surface area contributed by atoms with Crippen molar-refractivity contribution in [3.63, 3.8) is 0 Å². The summed E-state index contributed by atoms with van der Waals surface area (Å²) in [6.07, 6.45) is 4.76. The fourth-order valence-corrected chi connectivity index (χ4v) is 2.58. The van der Waals surface area contributed by atoms with Crippen LogP contribution in [0.25, 0.3) is 0 Å². The normalized spacial score (nSPS) is 12.2. The molecule has 1 unspecified atom stereocenters. The molecule has 0 aliphatic heterocycles. The SMILES string of the molecule is CCNC(=NCCC(O)c1ccccc1)NCCc1ccncc1C.I. The Bertz CT molecular complexity index is 664. The van der Waals surface area contributed by atoms with Crippen LogP contribution in [0, 0.1) is 6.92 Å². The maximum Gasteiger partial charge on any atom is 0.191 e. The van der Waals surface area contributed by atoms with Crippen LogP contribution in [0.2, 0.25) is 0 Å². The molecule has 3 N–H and O–H groups in total. The van der Waals surface area contributed by atoms with Crippen LogP contribution in [0.3, 0.4) is 0 Å². The number of nitrogens with zero attached hydrogens (tertiary/aromatic N) is 2. The Balaban J connectivity index is 0.00000338. The summed E-state index contributed by atoms with van der Waals surface area (Å²) in [5.41, 5.74) is 3.43. The molecule has 6 heteroatoms. The molecule has 1 aromatic carbocycles. The molecule has 0 radical (unpaired) electrons. The third-order valence-electron chi connectivity index (χ3n) is 4.02. The van der Waals surface area contributed by atoms with Crippen LogP contribution in [0.4, 0.5) is 0 Å². The van der Waals surface area contributed by atoms with E-state index in [2.05, 4.69) is 33.6 Å². The molecular formula is C20H29IN4O. The van der Waals surface area contributed by atoms with Crippen molar-refractivity contribution in [3.8, 4) is 0 Å². The lowest BCUT2D eigenvalue weighted by Gasteiger charge is -2.13. The zero-order chi connectivity index (χ0) is 17.9. The Morgan fingerprint density at radius 2 is 1.96 bits per heavy atom. The van der Waals surface area contributed by atoms with E-state index in [0.29, 0.717) is 13.0 Å². The highest BCUT2D eigenvalue weighted by atomic mass is 127. The molecule has 2 rings (SSSR count). The highest BCUT2D eigenvalue weighted by molar-refractivity contribution is 14.0. The first kappa shape index (κ1) is 22.4.